The topological polar surface area (TPSA) is 63.5 Å². The Hall–Kier alpha value is -1.77. The third-order valence-corrected chi connectivity index (χ3v) is 4.68. The standard InChI is InChI=1S/C21H31N5O.HI/c1-5-22-20(23-12-8-9-16-14-24-26(4)15-16)25-18-13-21(2,3)27-19-11-7-6-10-17(18)19;/h6-7,10-11,14-15,18H,5,8-9,12-13H2,1-4H3,(H2,22,23,25);1H. The van der Waals surface area contributed by atoms with Crippen molar-refractivity contribution in [3.8, 4) is 5.75 Å². The fourth-order valence-corrected chi connectivity index (χ4v) is 3.49. The first kappa shape index (κ1) is 22.5. The zero-order chi connectivity index (χ0) is 19.3. The lowest BCUT2D eigenvalue weighted by Gasteiger charge is -2.38. The summed E-state index contributed by atoms with van der Waals surface area (Å²) in [6.45, 7) is 7.97. The lowest BCUT2D eigenvalue weighted by atomic mass is 9.90. The Kier molecular flexibility index (Phi) is 8.15. The van der Waals surface area contributed by atoms with Crippen LogP contribution in [0.2, 0.25) is 0 Å². The van der Waals surface area contributed by atoms with Crippen LogP contribution >= 0.6 is 24.0 Å². The number of ether oxygens (including phenoxy) is 1. The van der Waals surface area contributed by atoms with Crippen LogP contribution in [-0.2, 0) is 13.5 Å². The highest BCUT2D eigenvalue weighted by atomic mass is 127. The van der Waals surface area contributed by atoms with Gasteiger partial charge in [0.2, 0.25) is 0 Å². The molecule has 2 heterocycles. The van der Waals surface area contributed by atoms with E-state index >= 15 is 0 Å². The van der Waals surface area contributed by atoms with Crippen molar-refractivity contribution < 1.29 is 4.74 Å². The second-order valence-corrected chi connectivity index (χ2v) is 7.69. The van der Waals surface area contributed by atoms with Gasteiger partial charge in [0.1, 0.15) is 11.4 Å². The Morgan fingerprint density at radius 2 is 2.14 bits per heavy atom. The fourth-order valence-electron chi connectivity index (χ4n) is 3.49. The number of para-hydroxylation sites is 1. The molecule has 2 N–H and O–H groups in total. The van der Waals surface area contributed by atoms with Crippen LogP contribution in [0.25, 0.3) is 0 Å². The number of benzene rings is 1. The summed E-state index contributed by atoms with van der Waals surface area (Å²) in [5.41, 5.74) is 2.24. The van der Waals surface area contributed by atoms with Crippen molar-refractivity contribution in [1.82, 2.24) is 20.4 Å². The van der Waals surface area contributed by atoms with Gasteiger partial charge in [0.15, 0.2) is 5.96 Å². The molecule has 2 aromatic rings. The van der Waals surface area contributed by atoms with Gasteiger partial charge >= 0.3 is 0 Å². The maximum Gasteiger partial charge on any atom is 0.191 e. The van der Waals surface area contributed by atoms with Crippen molar-refractivity contribution in [3.63, 3.8) is 0 Å². The second kappa shape index (κ2) is 10.1. The van der Waals surface area contributed by atoms with E-state index in [1.54, 1.807) is 0 Å². The van der Waals surface area contributed by atoms with E-state index in [-0.39, 0.29) is 35.6 Å². The molecule has 1 unspecified atom stereocenters. The van der Waals surface area contributed by atoms with Crippen molar-refractivity contribution in [2.24, 2.45) is 12.0 Å². The summed E-state index contributed by atoms with van der Waals surface area (Å²) in [7, 11) is 1.95. The summed E-state index contributed by atoms with van der Waals surface area (Å²) in [6, 6.07) is 8.44. The van der Waals surface area contributed by atoms with Gasteiger partial charge in [0, 0.05) is 38.3 Å². The molecule has 7 heteroatoms. The SMILES string of the molecule is CCNC(=NCCCc1cnn(C)c1)NC1CC(C)(C)Oc2ccccc21.I. The molecule has 28 heavy (non-hydrogen) atoms. The van der Waals surface area contributed by atoms with Crippen LogP contribution in [0, 0.1) is 0 Å². The number of nitrogens with one attached hydrogen (secondary N) is 2. The average Bonchev–Trinajstić information content (AvgIpc) is 3.03. The van der Waals surface area contributed by atoms with Crippen LogP contribution < -0.4 is 15.4 Å². The van der Waals surface area contributed by atoms with Crippen LogP contribution in [-0.4, -0.2) is 34.4 Å². The van der Waals surface area contributed by atoms with Crippen molar-refractivity contribution in [2.75, 3.05) is 13.1 Å². The first-order chi connectivity index (χ1) is 13.0. The molecule has 0 amide bonds. The molecule has 0 saturated carbocycles. The van der Waals surface area contributed by atoms with E-state index in [1.807, 2.05) is 30.1 Å². The largest absolute Gasteiger partial charge is 0.487 e. The number of aromatic nitrogens is 2. The minimum atomic E-state index is -0.205. The van der Waals surface area contributed by atoms with Crippen LogP contribution in [0.5, 0.6) is 5.75 Å². The zero-order valence-electron chi connectivity index (χ0n) is 17.2. The van der Waals surface area contributed by atoms with Gasteiger partial charge in [0.25, 0.3) is 0 Å². The number of hydrogen-bond donors (Lipinski definition) is 2. The lowest BCUT2D eigenvalue weighted by Crippen LogP contribution is -2.45. The third kappa shape index (κ3) is 6.12. The van der Waals surface area contributed by atoms with Crippen LogP contribution in [0.3, 0.4) is 0 Å². The quantitative estimate of drug-likeness (QED) is 0.276. The number of fused-ring (bicyclic) bond motifs is 1. The van der Waals surface area contributed by atoms with Crippen LogP contribution in [0.1, 0.15) is 50.8 Å². The highest BCUT2D eigenvalue weighted by molar-refractivity contribution is 14.0. The zero-order valence-corrected chi connectivity index (χ0v) is 19.6. The molecule has 3 rings (SSSR count). The molecule has 0 bridgehead atoms. The third-order valence-electron chi connectivity index (χ3n) is 4.68. The van der Waals surface area contributed by atoms with Gasteiger partial charge in [-0.25, -0.2) is 0 Å². The van der Waals surface area contributed by atoms with Crippen LogP contribution in [0.15, 0.2) is 41.7 Å². The van der Waals surface area contributed by atoms with E-state index in [0.29, 0.717) is 0 Å². The number of nitrogens with zero attached hydrogens (tertiary/aromatic N) is 3. The summed E-state index contributed by atoms with van der Waals surface area (Å²) in [5, 5.41) is 11.2. The molecule has 0 fully saturated rings. The minimum Gasteiger partial charge on any atom is -0.487 e. The van der Waals surface area contributed by atoms with Gasteiger partial charge in [-0.15, -0.1) is 24.0 Å². The van der Waals surface area contributed by atoms with Crippen molar-refractivity contribution in [2.45, 2.75) is 51.7 Å². The molecule has 0 saturated heterocycles. The van der Waals surface area contributed by atoms with Gasteiger partial charge in [0.05, 0.1) is 12.2 Å². The van der Waals surface area contributed by atoms with Gasteiger partial charge < -0.3 is 15.4 Å². The smallest absolute Gasteiger partial charge is 0.191 e. The van der Waals surface area contributed by atoms with Gasteiger partial charge in [-0.2, -0.15) is 5.10 Å². The summed E-state index contributed by atoms with van der Waals surface area (Å²) in [6.07, 6.45) is 6.87. The van der Waals surface area contributed by atoms with E-state index in [2.05, 4.69) is 54.8 Å². The Bertz CT molecular complexity index is 787. The second-order valence-electron chi connectivity index (χ2n) is 7.69. The number of hydrogen-bond acceptors (Lipinski definition) is 3. The Morgan fingerprint density at radius 3 is 2.86 bits per heavy atom. The van der Waals surface area contributed by atoms with E-state index in [9.17, 15) is 0 Å². The average molecular weight is 497 g/mol. The molecule has 154 valence electrons. The number of aryl methyl sites for hydroxylation is 2. The lowest BCUT2D eigenvalue weighted by molar-refractivity contribution is 0.0694. The van der Waals surface area contributed by atoms with Crippen molar-refractivity contribution >= 4 is 29.9 Å². The Labute approximate surface area is 185 Å². The highest BCUT2D eigenvalue weighted by Gasteiger charge is 2.33. The van der Waals surface area contributed by atoms with Gasteiger partial charge in [-0.05, 0) is 45.2 Å². The fraction of sp³-hybridized carbons (Fsp3) is 0.524. The summed E-state index contributed by atoms with van der Waals surface area (Å²) in [5.74, 6) is 1.82. The summed E-state index contributed by atoms with van der Waals surface area (Å²) in [4.78, 5) is 4.78. The first-order valence-electron chi connectivity index (χ1n) is 9.77. The molecule has 6 nitrogen and oxygen atoms in total. The van der Waals surface area contributed by atoms with E-state index in [0.717, 1.165) is 44.1 Å². The Morgan fingerprint density at radius 1 is 1.36 bits per heavy atom. The van der Waals surface area contributed by atoms with Crippen LogP contribution in [0.4, 0.5) is 0 Å². The number of rotatable bonds is 6. The maximum absolute atomic E-state index is 6.13. The molecule has 1 aromatic heterocycles. The molecule has 1 aromatic carbocycles. The molecule has 1 aliphatic rings. The molecule has 0 radical (unpaired) electrons. The highest BCUT2D eigenvalue weighted by Crippen LogP contribution is 2.39. The minimum absolute atomic E-state index is 0. The van der Waals surface area contributed by atoms with Gasteiger partial charge in [-0.1, -0.05) is 18.2 Å². The number of aliphatic imine (C=N–C) groups is 1. The number of guanidine groups is 1. The molecule has 1 atom stereocenters. The molecule has 0 spiro atoms. The first-order valence-corrected chi connectivity index (χ1v) is 9.77. The molecular weight excluding hydrogens is 465 g/mol. The van der Waals surface area contributed by atoms with Gasteiger partial charge in [-0.3, -0.25) is 9.67 Å². The molecule has 1 aliphatic heterocycles. The summed E-state index contributed by atoms with van der Waals surface area (Å²) < 4.78 is 7.97. The Balaban J connectivity index is 0.00000280. The van der Waals surface area contributed by atoms with Crippen molar-refractivity contribution in [3.05, 3.63) is 47.8 Å². The summed E-state index contributed by atoms with van der Waals surface area (Å²) >= 11 is 0. The van der Waals surface area contributed by atoms with E-state index in [4.69, 9.17) is 9.73 Å². The molecule has 0 aliphatic carbocycles. The normalized spacial score (nSPS) is 17.9. The predicted molar refractivity (Wildman–Crippen MR) is 125 cm³/mol. The molecular formula is C21H32IN5O. The van der Waals surface area contributed by atoms with E-state index in [1.165, 1.54) is 11.1 Å². The van der Waals surface area contributed by atoms with Crippen molar-refractivity contribution in [1.29, 1.82) is 0 Å². The van der Waals surface area contributed by atoms with E-state index < -0.39 is 0 Å². The maximum atomic E-state index is 6.13. The number of halogens is 1. The predicted octanol–water partition coefficient (Wildman–Crippen LogP) is 3.83. The monoisotopic (exact) mass is 497 g/mol.